The predicted molar refractivity (Wildman–Crippen MR) is 106 cm³/mol. The molecule has 1 heterocycles. The highest BCUT2D eigenvalue weighted by atomic mass is 19.4. The zero-order valence-electron chi connectivity index (χ0n) is 17.6. The zero-order valence-corrected chi connectivity index (χ0v) is 17.6. The molecule has 1 aromatic carbocycles. The Morgan fingerprint density at radius 3 is 2.50 bits per heavy atom. The molecule has 1 saturated carbocycles. The Hall–Kier alpha value is -2.09. The van der Waals surface area contributed by atoms with E-state index in [1.54, 1.807) is 0 Å². The number of carbonyl (C=O) groups is 2. The van der Waals surface area contributed by atoms with Gasteiger partial charge in [-0.2, -0.15) is 13.2 Å². The minimum Gasteiger partial charge on any atom is -0.353 e. The lowest BCUT2D eigenvalue weighted by atomic mass is 9.83. The zero-order chi connectivity index (χ0) is 22.1. The van der Waals surface area contributed by atoms with Crippen molar-refractivity contribution in [3.05, 3.63) is 35.4 Å². The van der Waals surface area contributed by atoms with Gasteiger partial charge < -0.3 is 10.1 Å². The topological polar surface area (TPSA) is 58.6 Å². The first-order chi connectivity index (χ1) is 14.1. The Kier molecular flexibility index (Phi) is 6.45. The van der Waals surface area contributed by atoms with E-state index in [1.807, 2.05) is 13.8 Å². The molecule has 2 amide bonds. The van der Waals surface area contributed by atoms with Gasteiger partial charge in [0.15, 0.2) is 0 Å². The molecule has 2 atom stereocenters. The van der Waals surface area contributed by atoms with Gasteiger partial charge in [-0.05, 0) is 57.1 Å². The average molecular weight is 426 g/mol. The summed E-state index contributed by atoms with van der Waals surface area (Å²) in [5.41, 5.74) is -2.49. The average Bonchev–Trinajstić information content (AvgIpc) is 3.08. The number of amides is 2. The van der Waals surface area contributed by atoms with E-state index in [0.29, 0.717) is 25.2 Å². The smallest absolute Gasteiger partial charge is 0.353 e. The number of benzene rings is 1. The van der Waals surface area contributed by atoms with Crippen LogP contribution in [0.3, 0.4) is 0 Å². The first kappa shape index (κ1) is 22.6. The number of ether oxygens (including phenoxy) is 1. The van der Waals surface area contributed by atoms with Crippen LogP contribution in [0, 0.1) is 5.92 Å². The van der Waals surface area contributed by atoms with Crippen LogP contribution >= 0.6 is 0 Å². The molecule has 8 heteroatoms. The SMILES string of the molecule is CC[C@@H](C)NC(=O)[C@@H]1COC2(CCC(C)CC2)N1C(=O)c1ccccc1C(F)(F)F. The van der Waals surface area contributed by atoms with E-state index in [0.717, 1.165) is 18.9 Å². The van der Waals surface area contributed by atoms with Gasteiger partial charge in [0, 0.05) is 6.04 Å². The lowest BCUT2D eigenvalue weighted by molar-refractivity contribution is -0.138. The van der Waals surface area contributed by atoms with Crippen molar-refractivity contribution in [2.45, 2.75) is 76.9 Å². The number of alkyl halides is 3. The number of hydrogen-bond donors (Lipinski definition) is 1. The lowest BCUT2D eigenvalue weighted by Crippen LogP contribution is -2.57. The number of nitrogens with one attached hydrogen (secondary N) is 1. The van der Waals surface area contributed by atoms with Crippen molar-refractivity contribution in [3.63, 3.8) is 0 Å². The van der Waals surface area contributed by atoms with E-state index in [1.165, 1.54) is 23.1 Å². The predicted octanol–water partition coefficient (Wildman–Crippen LogP) is 4.37. The summed E-state index contributed by atoms with van der Waals surface area (Å²) in [4.78, 5) is 27.7. The van der Waals surface area contributed by atoms with Gasteiger partial charge in [-0.15, -0.1) is 0 Å². The highest BCUT2D eigenvalue weighted by Crippen LogP contribution is 2.44. The summed E-state index contributed by atoms with van der Waals surface area (Å²) in [5.74, 6) is -0.761. The van der Waals surface area contributed by atoms with Crippen LogP contribution < -0.4 is 5.32 Å². The number of nitrogens with zero attached hydrogens (tertiary/aromatic N) is 1. The molecule has 0 unspecified atom stereocenters. The van der Waals surface area contributed by atoms with Gasteiger partial charge in [-0.1, -0.05) is 26.0 Å². The van der Waals surface area contributed by atoms with Crippen molar-refractivity contribution in [1.82, 2.24) is 10.2 Å². The van der Waals surface area contributed by atoms with Crippen molar-refractivity contribution in [2.75, 3.05) is 6.61 Å². The summed E-state index contributed by atoms with van der Waals surface area (Å²) in [6.45, 7) is 5.84. The van der Waals surface area contributed by atoms with Crippen molar-refractivity contribution in [1.29, 1.82) is 0 Å². The molecule has 0 radical (unpaired) electrons. The van der Waals surface area contributed by atoms with Crippen LogP contribution in [0.5, 0.6) is 0 Å². The van der Waals surface area contributed by atoms with Crippen molar-refractivity contribution in [2.24, 2.45) is 5.92 Å². The van der Waals surface area contributed by atoms with Gasteiger partial charge >= 0.3 is 6.18 Å². The first-order valence-corrected chi connectivity index (χ1v) is 10.5. The van der Waals surface area contributed by atoms with Gasteiger partial charge in [0.1, 0.15) is 11.8 Å². The summed E-state index contributed by atoms with van der Waals surface area (Å²) < 4.78 is 46.7. The molecule has 1 N–H and O–H groups in total. The van der Waals surface area contributed by atoms with Crippen LogP contribution in [0.2, 0.25) is 0 Å². The molecule has 1 aliphatic heterocycles. The number of carbonyl (C=O) groups excluding carboxylic acids is 2. The fraction of sp³-hybridized carbons (Fsp3) is 0.636. The van der Waals surface area contributed by atoms with Crippen LogP contribution in [0.25, 0.3) is 0 Å². The molecule has 1 aliphatic carbocycles. The number of halogens is 3. The molecule has 0 bridgehead atoms. The first-order valence-electron chi connectivity index (χ1n) is 10.5. The van der Waals surface area contributed by atoms with E-state index in [9.17, 15) is 22.8 Å². The highest BCUT2D eigenvalue weighted by Gasteiger charge is 2.54. The molecular weight excluding hydrogens is 397 g/mol. The largest absolute Gasteiger partial charge is 0.417 e. The summed E-state index contributed by atoms with van der Waals surface area (Å²) in [5, 5.41) is 2.85. The molecule has 166 valence electrons. The van der Waals surface area contributed by atoms with Gasteiger partial charge in [0.25, 0.3) is 5.91 Å². The summed E-state index contributed by atoms with van der Waals surface area (Å²) >= 11 is 0. The maximum Gasteiger partial charge on any atom is 0.417 e. The second-order valence-corrected chi connectivity index (χ2v) is 8.49. The molecule has 5 nitrogen and oxygen atoms in total. The van der Waals surface area contributed by atoms with E-state index in [2.05, 4.69) is 12.2 Å². The quantitative estimate of drug-likeness (QED) is 0.778. The van der Waals surface area contributed by atoms with Crippen molar-refractivity contribution < 1.29 is 27.5 Å². The molecule has 2 aliphatic rings. The fourth-order valence-corrected chi connectivity index (χ4v) is 4.27. The Labute approximate surface area is 175 Å². The Bertz CT molecular complexity index is 788. The van der Waals surface area contributed by atoms with Gasteiger partial charge in [-0.25, -0.2) is 0 Å². The highest BCUT2D eigenvalue weighted by molar-refractivity contribution is 5.99. The second-order valence-electron chi connectivity index (χ2n) is 8.49. The van der Waals surface area contributed by atoms with Gasteiger partial charge in [-0.3, -0.25) is 14.5 Å². The second kappa shape index (κ2) is 8.57. The van der Waals surface area contributed by atoms with Gasteiger partial charge in [0.2, 0.25) is 5.91 Å². The van der Waals surface area contributed by atoms with Crippen LogP contribution in [0.4, 0.5) is 13.2 Å². The van der Waals surface area contributed by atoms with E-state index in [-0.39, 0.29) is 12.6 Å². The maximum absolute atomic E-state index is 13.6. The molecule has 0 aromatic heterocycles. The molecule has 30 heavy (non-hydrogen) atoms. The minimum absolute atomic E-state index is 0.0173. The molecular formula is C22H29F3N2O3. The molecule has 1 aromatic rings. The van der Waals surface area contributed by atoms with Crippen molar-refractivity contribution >= 4 is 11.8 Å². The Morgan fingerprint density at radius 2 is 1.90 bits per heavy atom. The van der Waals surface area contributed by atoms with Crippen LogP contribution in [-0.4, -0.2) is 41.1 Å². The monoisotopic (exact) mass is 426 g/mol. The summed E-state index contributed by atoms with van der Waals surface area (Å²) in [6.07, 6.45) is -1.40. The molecule has 1 saturated heterocycles. The third-order valence-electron chi connectivity index (χ3n) is 6.30. The van der Waals surface area contributed by atoms with Crippen LogP contribution in [0.1, 0.15) is 68.8 Å². The lowest BCUT2D eigenvalue weighted by Gasteiger charge is -2.43. The Balaban J connectivity index is 2.01. The van der Waals surface area contributed by atoms with E-state index >= 15 is 0 Å². The molecule has 2 fully saturated rings. The third-order valence-corrected chi connectivity index (χ3v) is 6.30. The van der Waals surface area contributed by atoms with Crippen LogP contribution in [0.15, 0.2) is 24.3 Å². The van der Waals surface area contributed by atoms with Crippen LogP contribution in [-0.2, 0) is 15.7 Å². The maximum atomic E-state index is 13.6. The Morgan fingerprint density at radius 1 is 1.27 bits per heavy atom. The van der Waals surface area contributed by atoms with E-state index < -0.39 is 40.9 Å². The number of hydrogen-bond acceptors (Lipinski definition) is 3. The minimum atomic E-state index is -4.67. The van der Waals surface area contributed by atoms with Gasteiger partial charge in [0.05, 0.1) is 17.7 Å². The number of rotatable bonds is 4. The standard InChI is InChI=1S/C22H29F3N2O3/c1-4-15(3)26-19(28)18-13-30-21(11-9-14(2)10-12-21)27(18)20(29)16-7-5-6-8-17(16)22(23,24)25/h5-8,14-15,18H,4,9-13H2,1-3H3,(H,26,28)/t14?,15-,18+,21?/m1/s1. The van der Waals surface area contributed by atoms with E-state index in [4.69, 9.17) is 4.74 Å². The fourth-order valence-electron chi connectivity index (χ4n) is 4.27. The summed E-state index contributed by atoms with van der Waals surface area (Å²) in [6, 6.07) is 3.66. The molecule has 3 rings (SSSR count). The third kappa shape index (κ3) is 4.33. The molecule has 1 spiro atoms. The van der Waals surface area contributed by atoms with Crippen molar-refractivity contribution in [3.8, 4) is 0 Å². The normalized spacial score (nSPS) is 27.9. The summed E-state index contributed by atoms with van der Waals surface area (Å²) in [7, 11) is 0.